The van der Waals surface area contributed by atoms with E-state index in [4.69, 9.17) is 10.00 Å². The largest absolute Gasteiger partial charge is 0.497 e. The van der Waals surface area contributed by atoms with Crippen LogP contribution in [0.4, 0.5) is 28.9 Å². The first-order valence-electron chi connectivity index (χ1n) is 11.7. The van der Waals surface area contributed by atoms with Gasteiger partial charge in [-0.3, -0.25) is 5.01 Å². The Balaban J connectivity index is 1.40. The van der Waals surface area contributed by atoms with Gasteiger partial charge in [0.05, 0.1) is 37.0 Å². The van der Waals surface area contributed by atoms with Crippen LogP contribution in [0.25, 0.3) is 0 Å². The minimum absolute atomic E-state index is 0.0432. The van der Waals surface area contributed by atoms with E-state index in [9.17, 15) is 17.6 Å². The van der Waals surface area contributed by atoms with Crippen LogP contribution >= 0.6 is 0 Å². The molecular formula is C26H28F4N4O. The van der Waals surface area contributed by atoms with Gasteiger partial charge in [0, 0.05) is 25.1 Å². The zero-order valence-corrected chi connectivity index (χ0v) is 19.7. The number of halogens is 4. The van der Waals surface area contributed by atoms with E-state index in [2.05, 4.69) is 5.10 Å². The fourth-order valence-electron chi connectivity index (χ4n) is 4.95. The number of nitriles is 1. The first kappa shape index (κ1) is 24.8. The SMILES string of the molecule is COc1ccc(F)c(N2CCC(Cc3ccc(N4N=C(C(F)(F)F)C(C)C4CC#N)cc3)CC2)c1. The number of rotatable bonds is 6. The van der Waals surface area contributed by atoms with Gasteiger partial charge in [0.2, 0.25) is 0 Å². The Morgan fingerprint density at radius 1 is 1.11 bits per heavy atom. The molecule has 2 atom stereocenters. The van der Waals surface area contributed by atoms with E-state index in [1.54, 1.807) is 31.4 Å². The predicted octanol–water partition coefficient (Wildman–Crippen LogP) is 5.95. The topological polar surface area (TPSA) is 51.9 Å². The Hall–Kier alpha value is -3.28. The van der Waals surface area contributed by atoms with Gasteiger partial charge in [-0.05, 0) is 55.0 Å². The van der Waals surface area contributed by atoms with Crippen LogP contribution in [0.5, 0.6) is 5.75 Å². The molecule has 2 aromatic carbocycles. The quantitative estimate of drug-likeness (QED) is 0.472. The molecule has 9 heteroatoms. The summed E-state index contributed by atoms with van der Waals surface area (Å²) in [6, 6.07) is 13.5. The molecule has 2 aromatic rings. The molecule has 0 aromatic heterocycles. The summed E-state index contributed by atoms with van der Waals surface area (Å²) in [5, 5.41) is 14.3. The average Bonchev–Trinajstić information content (AvgIpc) is 3.17. The van der Waals surface area contributed by atoms with Crippen molar-refractivity contribution in [1.82, 2.24) is 0 Å². The van der Waals surface area contributed by atoms with Crippen molar-refractivity contribution in [2.24, 2.45) is 16.9 Å². The van der Waals surface area contributed by atoms with Crippen LogP contribution in [-0.4, -0.2) is 38.1 Å². The van der Waals surface area contributed by atoms with Crippen LogP contribution < -0.4 is 14.6 Å². The van der Waals surface area contributed by atoms with Crippen LogP contribution in [0.2, 0.25) is 0 Å². The van der Waals surface area contributed by atoms with E-state index < -0.39 is 23.8 Å². The predicted molar refractivity (Wildman–Crippen MR) is 127 cm³/mol. The zero-order valence-electron chi connectivity index (χ0n) is 19.7. The number of piperidine rings is 1. The number of hydrogen-bond donors (Lipinski definition) is 0. The molecule has 2 unspecified atom stereocenters. The Morgan fingerprint density at radius 3 is 2.40 bits per heavy atom. The number of alkyl halides is 3. The molecule has 0 saturated carbocycles. The Bertz CT molecular complexity index is 1100. The summed E-state index contributed by atoms with van der Waals surface area (Å²) in [6.07, 6.45) is -1.91. The third-order valence-electron chi connectivity index (χ3n) is 6.96. The maximum absolute atomic E-state index is 14.3. The van der Waals surface area contributed by atoms with Gasteiger partial charge in [-0.2, -0.15) is 23.5 Å². The van der Waals surface area contributed by atoms with E-state index in [-0.39, 0.29) is 12.2 Å². The molecule has 0 N–H and O–H groups in total. The molecule has 4 rings (SSSR count). The summed E-state index contributed by atoms with van der Waals surface area (Å²) in [5.74, 6) is -0.0884. The molecule has 2 aliphatic heterocycles. The number of benzene rings is 2. The standard InChI is InChI=1S/C26H28F4N4O/c1-17-23(9-12-31)34(32-25(17)26(28,29)30)20-5-3-18(4-6-20)15-19-10-13-33(14-11-19)24-16-21(35-2)7-8-22(24)27/h3-8,16-17,19,23H,9-11,13-15H2,1-2H3. The Labute approximate surface area is 202 Å². The van der Waals surface area contributed by atoms with Crippen molar-refractivity contribution in [1.29, 1.82) is 5.26 Å². The van der Waals surface area contributed by atoms with Gasteiger partial charge in [-0.25, -0.2) is 4.39 Å². The third kappa shape index (κ3) is 5.37. The number of methoxy groups -OCH3 is 1. The van der Waals surface area contributed by atoms with Gasteiger partial charge in [0.1, 0.15) is 17.3 Å². The van der Waals surface area contributed by atoms with Crippen molar-refractivity contribution in [2.45, 2.75) is 44.8 Å². The second kappa shape index (κ2) is 10.1. The van der Waals surface area contributed by atoms with Gasteiger partial charge < -0.3 is 9.64 Å². The van der Waals surface area contributed by atoms with E-state index in [0.29, 0.717) is 23.0 Å². The van der Waals surface area contributed by atoms with Crippen LogP contribution in [0.1, 0.15) is 31.7 Å². The van der Waals surface area contributed by atoms with Crippen molar-refractivity contribution < 1.29 is 22.3 Å². The molecule has 2 heterocycles. The lowest BCUT2D eigenvalue weighted by atomic mass is 9.89. The average molecular weight is 489 g/mol. The molecule has 1 fully saturated rings. The van der Waals surface area contributed by atoms with Crippen molar-refractivity contribution in [3.63, 3.8) is 0 Å². The first-order chi connectivity index (χ1) is 16.7. The number of hydrogen-bond acceptors (Lipinski definition) is 5. The van der Waals surface area contributed by atoms with Crippen LogP contribution in [0.15, 0.2) is 47.6 Å². The monoisotopic (exact) mass is 488 g/mol. The number of anilines is 2. The van der Waals surface area contributed by atoms with Gasteiger partial charge in [-0.1, -0.05) is 19.1 Å². The number of hydrazone groups is 1. The second-order valence-electron chi connectivity index (χ2n) is 9.16. The highest BCUT2D eigenvalue weighted by Gasteiger charge is 2.48. The molecule has 0 amide bonds. The molecule has 0 bridgehead atoms. The van der Waals surface area contributed by atoms with Crippen molar-refractivity contribution in [3.8, 4) is 11.8 Å². The third-order valence-corrected chi connectivity index (χ3v) is 6.96. The minimum atomic E-state index is -4.52. The molecule has 0 radical (unpaired) electrons. The van der Waals surface area contributed by atoms with Gasteiger partial charge in [0.15, 0.2) is 0 Å². The van der Waals surface area contributed by atoms with Crippen LogP contribution in [0.3, 0.4) is 0 Å². The second-order valence-corrected chi connectivity index (χ2v) is 9.16. The lowest BCUT2D eigenvalue weighted by molar-refractivity contribution is -0.0620. The molecule has 0 aliphatic carbocycles. The molecule has 186 valence electrons. The fraction of sp³-hybridized carbons (Fsp3) is 0.462. The maximum Gasteiger partial charge on any atom is 0.431 e. The van der Waals surface area contributed by atoms with E-state index in [1.165, 1.54) is 18.0 Å². The van der Waals surface area contributed by atoms with Crippen LogP contribution in [-0.2, 0) is 6.42 Å². The van der Waals surface area contributed by atoms with Gasteiger partial charge in [0.25, 0.3) is 0 Å². The van der Waals surface area contributed by atoms with Crippen LogP contribution in [0, 0.1) is 29.0 Å². The lowest BCUT2D eigenvalue weighted by Gasteiger charge is -2.34. The lowest BCUT2D eigenvalue weighted by Crippen LogP contribution is -2.35. The molecular weight excluding hydrogens is 460 g/mol. The first-order valence-corrected chi connectivity index (χ1v) is 11.7. The number of nitrogens with zero attached hydrogens (tertiary/aromatic N) is 4. The highest BCUT2D eigenvalue weighted by molar-refractivity contribution is 5.95. The highest BCUT2D eigenvalue weighted by Crippen LogP contribution is 2.36. The maximum atomic E-state index is 14.3. The minimum Gasteiger partial charge on any atom is -0.497 e. The molecule has 1 saturated heterocycles. The number of ether oxygens (including phenoxy) is 1. The summed E-state index contributed by atoms with van der Waals surface area (Å²) in [7, 11) is 1.56. The van der Waals surface area contributed by atoms with Crippen molar-refractivity contribution in [2.75, 3.05) is 30.1 Å². The van der Waals surface area contributed by atoms with Crippen molar-refractivity contribution >= 4 is 17.1 Å². The summed E-state index contributed by atoms with van der Waals surface area (Å²) in [5.41, 5.74) is 1.34. The molecule has 2 aliphatic rings. The van der Waals surface area contributed by atoms with Crippen molar-refractivity contribution in [3.05, 3.63) is 53.8 Å². The molecule has 0 spiro atoms. The highest BCUT2D eigenvalue weighted by atomic mass is 19.4. The zero-order chi connectivity index (χ0) is 25.2. The smallest absolute Gasteiger partial charge is 0.431 e. The summed E-state index contributed by atoms with van der Waals surface area (Å²) in [6.45, 7) is 2.94. The Kier molecular flexibility index (Phi) is 7.20. The summed E-state index contributed by atoms with van der Waals surface area (Å²) in [4.78, 5) is 2.04. The van der Waals surface area contributed by atoms with Gasteiger partial charge in [-0.15, -0.1) is 0 Å². The molecule has 35 heavy (non-hydrogen) atoms. The van der Waals surface area contributed by atoms with E-state index >= 15 is 0 Å². The Morgan fingerprint density at radius 2 is 1.80 bits per heavy atom. The molecule has 5 nitrogen and oxygen atoms in total. The fourth-order valence-corrected chi connectivity index (χ4v) is 4.95. The summed E-state index contributed by atoms with van der Waals surface area (Å²) >= 11 is 0. The summed E-state index contributed by atoms with van der Waals surface area (Å²) < 4.78 is 59.6. The normalized spacial score (nSPS) is 21.1. The van der Waals surface area contributed by atoms with E-state index in [1.807, 2.05) is 23.1 Å². The van der Waals surface area contributed by atoms with Gasteiger partial charge >= 0.3 is 6.18 Å². The van der Waals surface area contributed by atoms with E-state index in [0.717, 1.165) is 37.9 Å².